The summed E-state index contributed by atoms with van der Waals surface area (Å²) >= 11 is 3.22. The number of hydrogen-bond acceptors (Lipinski definition) is 1. The molecule has 0 saturated carbocycles. The van der Waals surface area contributed by atoms with Gasteiger partial charge in [-0.05, 0) is 11.6 Å². The smallest absolute Gasteiger partial charge is 0.0694 e. The molecule has 0 fully saturated rings. The maximum atomic E-state index is 8.94. The van der Waals surface area contributed by atoms with Crippen LogP contribution in [0.25, 0.3) is 0 Å². The van der Waals surface area contributed by atoms with Crippen LogP contribution in [0.5, 0.6) is 0 Å². The second kappa shape index (κ2) is 4.97. The summed E-state index contributed by atoms with van der Waals surface area (Å²) in [5.41, 5.74) is 1.78. The first-order valence-corrected chi connectivity index (χ1v) is 4.74. The Morgan fingerprint density at radius 3 is 2.75 bits per heavy atom. The molecule has 1 rings (SSSR count). The summed E-state index contributed by atoms with van der Waals surface area (Å²) in [5, 5.41) is 9.60. The Bertz CT molecular complexity index is 309. The van der Waals surface area contributed by atoms with Crippen molar-refractivity contribution in [1.82, 2.24) is 0 Å². The first-order valence-electron chi connectivity index (χ1n) is 3.62. The number of alkyl halides is 1. The molecule has 0 radical (unpaired) electrons. The van der Waals surface area contributed by atoms with E-state index in [4.69, 9.17) is 5.11 Å². The lowest BCUT2D eigenvalue weighted by atomic mass is 10.1. The van der Waals surface area contributed by atoms with Crippen LogP contribution >= 0.6 is 15.9 Å². The van der Waals surface area contributed by atoms with Gasteiger partial charge in [-0.1, -0.05) is 46.0 Å². The second-order valence-electron chi connectivity index (χ2n) is 2.25. The molecule has 0 aliphatic heterocycles. The van der Waals surface area contributed by atoms with Crippen LogP contribution in [0.3, 0.4) is 0 Å². The largest absolute Gasteiger partial charge is 0.392 e. The number of halogens is 1. The molecule has 0 unspecified atom stereocenters. The molecule has 0 atom stereocenters. The molecule has 1 nitrogen and oxygen atoms in total. The summed E-state index contributed by atoms with van der Waals surface area (Å²) in [6, 6.07) is 7.59. The van der Waals surface area contributed by atoms with Gasteiger partial charge >= 0.3 is 0 Å². The summed E-state index contributed by atoms with van der Waals surface area (Å²) in [6.07, 6.45) is 0. The Morgan fingerprint density at radius 2 is 2.08 bits per heavy atom. The van der Waals surface area contributed by atoms with Gasteiger partial charge in [0.1, 0.15) is 0 Å². The Labute approximate surface area is 80.6 Å². The van der Waals surface area contributed by atoms with Crippen molar-refractivity contribution >= 4 is 15.9 Å². The van der Waals surface area contributed by atoms with E-state index in [0.29, 0.717) is 5.33 Å². The van der Waals surface area contributed by atoms with E-state index < -0.39 is 0 Å². The van der Waals surface area contributed by atoms with E-state index in [1.54, 1.807) is 0 Å². The fourth-order valence-electron chi connectivity index (χ4n) is 0.909. The zero-order valence-corrected chi connectivity index (χ0v) is 8.13. The van der Waals surface area contributed by atoms with Crippen molar-refractivity contribution in [3.05, 3.63) is 35.4 Å². The SMILES string of the molecule is OCc1ccccc1C#CCBr. The van der Waals surface area contributed by atoms with Crippen molar-refractivity contribution in [3.63, 3.8) is 0 Å². The van der Waals surface area contributed by atoms with Crippen LogP contribution in [0.4, 0.5) is 0 Å². The normalized spacial score (nSPS) is 8.83. The Balaban J connectivity index is 2.97. The minimum atomic E-state index is 0.0487. The highest BCUT2D eigenvalue weighted by Crippen LogP contribution is 2.06. The lowest BCUT2D eigenvalue weighted by molar-refractivity contribution is 0.281. The highest BCUT2D eigenvalue weighted by atomic mass is 79.9. The second-order valence-corrected chi connectivity index (χ2v) is 2.81. The molecule has 2 heteroatoms. The molecule has 0 saturated heterocycles. The van der Waals surface area contributed by atoms with Gasteiger partial charge in [-0.15, -0.1) is 0 Å². The molecule has 0 aromatic heterocycles. The van der Waals surface area contributed by atoms with Gasteiger partial charge in [0, 0.05) is 5.56 Å². The van der Waals surface area contributed by atoms with Crippen molar-refractivity contribution in [2.75, 3.05) is 5.33 Å². The topological polar surface area (TPSA) is 20.2 Å². The van der Waals surface area contributed by atoms with Gasteiger partial charge in [0.25, 0.3) is 0 Å². The quantitative estimate of drug-likeness (QED) is 0.571. The maximum absolute atomic E-state index is 8.94. The van der Waals surface area contributed by atoms with Crippen molar-refractivity contribution in [2.24, 2.45) is 0 Å². The molecule has 0 heterocycles. The van der Waals surface area contributed by atoms with E-state index in [-0.39, 0.29) is 6.61 Å². The molecule has 1 aromatic carbocycles. The molecule has 0 bridgehead atoms. The van der Waals surface area contributed by atoms with Gasteiger partial charge in [0.15, 0.2) is 0 Å². The fraction of sp³-hybridized carbons (Fsp3) is 0.200. The summed E-state index contributed by atoms with van der Waals surface area (Å²) in [7, 11) is 0. The molecule has 1 aromatic rings. The van der Waals surface area contributed by atoms with E-state index in [1.807, 2.05) is 24.3 Å². The van der Waals surface area contributed by atoms with Crippen LogP contribution in [0, 0.1) is 11.8 Å². The average Bonchev–Trinajstić information content (AvgIpc) is 2.15. The maximum Gasteiger partial charge on any atom is 0.0694 e. The van der Waals surface area contributed by atoms with Crippen molar-refractivity contribution in [1.29, 1.82) is 0 Å². The predicted molar refractivity (Wildman–Crippen MR) is 53.0 cm³/mol. The lowest BCUT2D eigenvalue weighted by Crippen LogP contribution is -1.87. The summed E-state index contributed by atoms with van der Waals surface area (Å²) in [6.45, 7) is 0.0487. The molecular formula is C10H9BrO. The van der Waals surface area contributed by atoms with Gasteiger partial charge in [0.2, 0.25) is 0 Å². The number of rotatable bonds is 1. The standard InChI is InChI=1S/C10H9BrO/c11-7-3-6-9-4-1-2-5-10(9)8-12/h1-2,4-5,12H,7-8H2. The number of aliphatic hydroxyl groups excluding tert-OH is 1. The zero-order chi connectivity index (χ0) is 8.81. The molecule has 62 valence electrons. The third-order valence-corrected chi connectivity index (χ3v) is 1.76. The third-order valence-electron chi connectivity index (χ3n) is 1.48. The van der Waals surface area contributed by atoms with Crippen LogP contribution in [-0.4, -0.2) is 10.4 Å². The highest BCUT2D eigenvalue weighted by molar-refractivity contribution is 9.09. The van der Waals surface area contributed by atoms with Gasteiger partial charge in [-0.2, -0.15) is 0 Å². The van der Waals surface area contributed by atoms with Gasteiger partial charge in [-0.3, -0.25) is 0 Å². The van der Waals surface area contributed by atoms with E-state index in [2.05, 4.69) is 27.8 Å². The van der Waals surface area contributed by atoms with E-state index in [0.717, 1.165) is 11.1 Å². The van der Waals surface area contributed by atoms with Gasteiger partial charge in [-0.25, -0.2) is 0 Å². The van der Waals surface area contributed by atoms with Crippen LogP contribution in [0.15, 0.2) is 24.3 Å². The van der Waals surface area contributed by atoms with Crippen LogP contribution < -0.4 is 0 Å². The highest BCUT2D eigenvalue weighted by Gasteiger charge is 1.94. The third kappa shape index (κ3) is 2.37. The van der Waals surface area contributed by atoms with Crippen molar-refractivity contribution < 1.29 is 5.11 Å². The van der Waals surface area contributed by atoms with Crippen LogP contribution in [0.1, 0.15) is 11.1 Å². The summed E-state index contributed by atoms with van der Waals surface area (Å²) in [4.78, 5) is 0. The van der Waals surface area contributed by atoms with E-state index >= 15 is 0 Å². The van der Waals surface area contributed by atoms with Gasteiger partial charge in [0.05, 0.1) is 11.9 Å². The molecule has 0 aliphatic rings. The van der Waals surface area contributed by atoms with Crippen LogP contribution in [0.2, 0.25) is 0 Å². The lowest BCUT2D eigenvalue weighted by Gasteiger charge is -1.97. The minimum absolute atomic E-state index is 0.0487. The fourth-order valence-corrected chi connectivity index (χ4v) is 1.05. The van der Waals surface area contributed by atoms with Crippen LogP contribution in [-0.2, 0) is 6.61 Å². The van der Waals surface area contributed by atoms with Crippen molar-refractivity contribution in [2.45, 2.75) is 6.61 Å². The number of aliphatic hydroxyl groups is 1. The molecular weight excluding hydrogens is 216 g/mol. The Hall–Kier alpha value is -0.780. The number of hydrogen-bond donors (Lipinski definition) is 1. The van der Waals surface area contributed by atoms with Crippen molar-refractivity contribution in [3.8, 4) is 11.8 Å². The zero-order valence-electron chi connectivity index (χ0n) is 6.55. The molecule has 0 spiro atoms. The monoisotopic (exact) mass is 224 g/mol. The predicted octanol–water partition coefficient (Wildman–Crippen LogP) is 1.93. The summed E-state index contributed by atoms with van der Waals surface area (Å²) in [5.74, 6) is 5.85. The first kappa shape index (κ1) is 9.31. The van der Waals surface area contributed by atoms with E-state index in [9.17, 15) is 0 Å². The summed E-state index contributed by atoms with van der Waals surface area (Å²) < 4.78 is 0. The van der Waals surface area contributed by atoms with Gasteiger partial charge < -0.3 is 5.11 Å². The first-order chi connectivity index (χ1) is 5.88. The average molecular weight is 225 g/mol. The number of benzene rings is 1. The minimum Gasteiger partial charge on any atom is -0.392 e. The molecule has 0 amide bonds. The Morgan fingerprint density at radius 1 is 1.33 bits per heavy atom. The Kier molecular flexibility index (Phi) is 3.86. The molecule has 0 aliphatic carbocycles. The molecule has 12 heavy (non-hydrogen) atoms. The van der Waals surface area contributed by atoms with E-state index in [1.165, 1.54) is 0 Å². The molecule has 1 N–H and O–H groups in total.